The number of hydrogen-bond acceptors (Lipinski definition) is 8. The SMILES string of the molecule is C=O.C=O.CC.CCCCCCCCc1cnc(N(CCNC)CCC2(C(=O)NC)CCOCC2)nc1. The van der Waals surface area contributed by atoms with E-state index in [9.17, 15) is 4.79 Å². The van der Waals surface area contributed by atoms with Crippen LogP contribution in [0.15, 0.2) is 12.4 Å². The molecular weight excluding hydrogens is 470 g/mol. The molecule has 9 nitrogen and oxygen atoms in total. The summed E-state index contributed by atoms with van der Waals surface area (Å²) in [4.78, 5) is 40.2. The molecule has 0 bridgehead atoms. The van der Waals surface area contributed by atoms with Gasteiger partial charge in [-0.3, -0.25) is 4.79 Å². The Morgan fingerprint density at radius 2 is 1.54 bits per heavy atom. The molecule has 0 spiro atoms. The zero-order valence-corrected chi connectivity index (χ0v) is 24.2. The second-order valence-corrected chi connectivity index (χ2v) is 8.72. The number of nitrogens with zero attached hydrogens (tertiary/aromatic N) is 3. The molecule has 0 saturated carbocycles. The summed E-state index contributed by atoms with van der Waals surface area (Å²) < 4.78 is 5.52. The van der Waals surface area contributed by atoms with Gasteiger partial charge in [0, 0.05) is 52.3 Å². The highest BCUT2D eigenvalue weighted by molar-refractivity contribution is 5.82. The van der Waals surface area contributed by atoms with Crippen LogP contribution >= 0.6 is 0 Å². The Morgan fingerprint density at radius 1 is 0.973 bits per heavy atom. The number of hydrogen-bond donors (Lipinski definition) is 2. The molecule has 1 aliphatic heterocycles. The second kappa shape index (κ2) is 25.3. The number of amides is 1. The maximum absolute atomic E-state index is 12.7. The Labute approximate surface area is 225 Å². The van der Waals surface area contributed by atoms with E-state index in [1.54, 1.807) is 7.05 Å². The summed E-state index contributed by atoms with van der Waals surface area (Å²) in [5.41, 5.74) is 0.849. The fourth-order valence-electron chi connectivity index (χ4n) is 4.28. The molecule has 0 aromatic carbocycles. The lowest BCUT2D eigenvalue weighted by atomic mass is 9.76. The predicted octanol–water partition coefficient (Wildman–Crippen LogP) is 3.99. The minimum atomic E-state index is -0.359. The molecule has 1 fully saturated rings. The first-order chi connectivity index (χ1) is 18.1. The highest BCUT2D eigenvalue weighted by Gasteiger charge is 2.39. The number of nitrogens with one attached hydrogen (secondary N) is 2. The van der Waals surface area contributed by atoms with Gasteiger partial charge in [0.05, 0.1) is 5.41 Å². The third-order valence-electron chi connectivity index (χ3n) is 6.44. The van der Waals surface area contributed by atoms with E-state index < -0.39 is 0 Å². The van der Waals surface area contributed by atoms with Crippen molar-refractivity contribution >= 4 is 25.4 Å². The van der Waals surface area contributed by atoms with Crippen LogP contribution in [0, 0.1) is 5.41 Å². The van der Waals surface area contributed by atoms with Gasteiger partial charge in [-0.2, -0.15) is 0 Å². The first-order valence-corrected chi connectivity index (χ1v) is 13.7. The Kier molecular flexibility index (Phi) is 25.1. The van der Waals surface area contributed by atoms with Gasteiger partial charge in [0.15, 0.2) is 0 Å². The Bertz CT molecular complexity index is 652. The average molecular weight is 524 g/mol. The third-order valence-corrected chi connectivity index (χ3v) is 6.44. The summed E-state index contributed by atoms with van der Waals surface area (Å²) in [5.74, 6) is 0.876. The number of aromatic nitrogens is 2. The minimum Gasteiger partial charge on any atom is -0.381 e. The third kappa shape index (κ3) is 14.8. The molecule has 0 radical (unpaired) electrons. The van der Waals surface area contributed by atoms with Gasteiger partial charge in [-0.1, -0.05) is 52.9 Å². The number of rotatable bonds is 15. The zero-order chi connectivity index (χ0) is 28.4. The van der Waals surface area contributed by atoms with Gasteiger partial charge in [-0.15, -0.1) is 0 Å². The standard InChI is InChI=1S/C24H43N5O2.C2H6.2CH2O/c1-4-5-6-7-8-9-10-21-19-27-23(28-20-21)29(16-14-25-2)15-11-24(22(30)26-3)12-17-31-18-13-24;3*1-2/h19-20,25H,4-18H2,1-3H3,(H,26,30);1-2H3;2*1H2. The summed E-state index contributed by atoms with van der Waals surface area (Å²) >= 11 is 0. The molecule has 2 N–H and O–H groups in total. The van der Waals surface area contributed by atoms with Crippen molar-refractivity contribution in [3.8, 4) is 0 Å². The van der Waals surface area contributed by atoms with Crippen molar-refractivity contribution in [1.29, 1.82) is 0 Å². The first-order valence-electron chi connectivity index (χ1n) is 13.7. The molecule has 214 valence electrons. The summed E-state index contributed by atoms with van der Waals surface area (Å²) in [6, 6.07) is 0. The number of unbranched alkanes of at least 4 members (excludes halogenated alkanes) is 5. The molecule has 1 amide bonds. The number of carbonyl (C=O) groups is 3. The summed E-state index contributed by atoms with van der Waals surface area (Å²) in [5, 5.41) is 6.08. The van der Waals surface area contributed by atoms with E-state index >= 15 is 0 Å². The monoisotopic (exact) mass is 523 g/mol. The molecule has 0 atom stereocenters. The molecule has 0 aliphatic carbocycles. The average Bonchev–Trinajstić information content (AvgIpc) is 2.98. The molecule has 2 heterocycles. The van der Waals surface area contributed by atoms with Crippen LogP contribution in [-0.2, 0) is 25.5 Å². The van der Waals surface area contributed by atoms with Crippen LogP contribution in [0.5, 0.6) is 0 Å². The maximum atomic E-state index is 12.7. The Balaban J connectivity index is 0. The lowest BCUT2D eigenvalue weighted by molar-refractivity contribution is -0.136. The number of anilines is 1. The predicted molar refractivity (Wildman–Crippen MR) is 152 cm³/mol. The summed E-state index contributed by atoms with van der Waals surface area (Å²) in [6.45, 7) is 14.0. The van der Waals surface area contributed by atoms with Gasteiger partial charge in [-0.05, 0) is 44.7 Å². The fourth-order valence-corrected chi connectivity index (χ4v) is 4.28. The van der Waals surface area contributed by atoms with E-state index in [0.717, 1.165) is 51.3 Å². The van der Waals surface area contributed by atoms with Crippen molar-refractivity contribution in [1.82, 2.24) is 20.6 Å². The number of likely N-dealkylation sites (N-methyl/N-ethyl adjacent to an activating group) is 1. The normalized spacial score (nSPS) is 13.4. The lowest BCUT2D eigenvalue weighted by Crippen LogP contribution is -2.46. The number of ether oxygens (including phenoxy) is 1. The molecule has 37 heavy (non-hydrogen) atoms. The Morgan fingerprint density at radius 3 is 2.08 bits per heavy atom. The fraction of sp³-hybridized carbons (Fsp3) is 0.750. The van der Waals surface area contributed by atoms with E-state index in [1.165, 1.54) is 44.1 Å². The van der Waals surface area contributed by atoms with Crippen LogP contribution in [-0.4, -0.2) is 76.4 Å². The quantitative estimate of drug-likeness (QED) is 0.332. The van der Waals surface area contributed by atoms with Crippen LogP contribution in [0.1, 0.15) is 84.1 Å². The number of aryl methyl sites for hydroxylation is 1. The van der Waals surface area contributed by atoms with Crippen LogP contribution in [0.4, 0.5) is 5.95 Å². The van der Waals surface area contributed by atoms with Crippen molar-refractivity contribution in [3.05, 3.63) is 18.0 Å². The second-order valence-electron chi connectivity index (χ2n) is 8.72. The van der Waals surface area contributed by atoms with Gasteiger partial charge in [0.2, 0.25) is 11.9 Å². The molecule has 1 aromatic heterocycles. The van der Waals surface area contributed by atoms with Crippen molar-refractivity contribution in [2.45, 2.75) is 85.0 Å². The van der Waals surface area contributed by atoms with E-state index in [1.807, 2.05) is 46.9 Å². The van der Waals surface area contributed by atoms with Gasteiger partial charge in [0.1, 0.15) is 13.6 Å². The van der Waals surface area contributed by atoms with Gasteiger partial charge in [0.25, 0.3) is 0 Å². The molecule has 0 unspecified atom stereocenters. The van der Waals surface area contributed by atoms with Crippen LogP contribution in [0.2, 0.25) is 0 Å². The van der Waals surface area contributed by atoms with E-state index in [2.05, 4.69) is 32.4 Å². The zero-order valence-electron chi connectivity index (χ0n) is 24.2. The van der Waals surface area contributed by atoms with Gasteiger partial charge >= 0.3 is 0 Å². The van der Waals surface area contributed by atoms with Gasteiger partial charge < -0.3 is 29.9 Å². The number of carbonyl (C=O) groups excluding carboxylic acids is 3. The molecule has 1 saturated heterocycles. The maximum Gasteiger partial charge on any atom is 0.226 e. The molecule has 1 aliphatic rings. The molecular formula is C28H53N5O4. The van der Waals surface area contributed by atoms with Crippen molar-refractivity contribution in [2.75, 3.05) is 51.8 Å². The van der Waals surface area contributed by atoms with Crippen LogP contribution in [0.25, 0.3) is 0 Å². The first kappa shape index (κ1) is 36.8. The summed E-state index contributed by atoms with van der Waals surface area (Å²) in [6.07, 6.45) is 15.1. The highest BCUT2D eigenvalue weighted by atomic mass is 16.5. The Hall–Kier alpha value is -2.39. The topological polar surface area (TPSA) is 114 Å². The van der Waals surface area contributed by atoms with E-state index in [-0.39, 0.29) is 11.3 Å². The molecule has 9 heteroatoms. The van der Waals surface area contributed by atoms with Gasteiger partial charge in [-0.25, -0.2) is 9.97 Å². The lowest BCUT2D eigenvalue weighted by Gasteiger charge is -2.37. The van der Waals surface area contributed by atoms with E-state index in [4.69, 9.17) is 14.3 Å². The van der Waals surface area contributed by atoms with Crippen LogP contribution < -0.4 is 15.5 Å². The smallest absolute Gasteiger partial charge is 0.226 e. The van der Waals surface area contributed by atoms with Crippen molar-refractivity contribution < 1.29 is 19.1 Å². The van der Waals surface area contributed by atoms with Crippen molar-refractivity contribution in [3.63, 3.8) is 0 Å². The molecule has 1 aromatic rings. The minimum absolute atomic E-state index is 0.125. The van der Waals surface area contributed by atoms with Crippen molar-refractivity contribution in [2.24, 2.45) is 5.41 Å². The van der Waals surface area contributed by atoms with E-state index in [0.29, 0.717) is 13.2 Å². The molecule has 2 rings (SSSR count). The van der Waals surface area contributed by atoms with Crippen LogP contribution in [0.3, 0.4) is 0 Å². The summed E-state index contributed by atoms with van der Waals surface area (Å²) in [7, 11) is 3.68. The largest absolute Gasteiger partial charge is 0.381 e. The highest BCUT2D eigenvalue weighted by Crippen LogP contribution is 2.35.